The second-order valence-electron chi connectivity index (χ2n) is 6.67. The van der Waals surface area contributed by atoms with Crippen molar-refractivity contribution in [3.63, 3.8) is 0 Å². The lowest BCUT2D eigenvalue weighted by Crippen LogP contribution is -2.39. The van der Waals surface area contributed by atoms with Crippen LogP contribution in [0.2, 0.25) is 0 Å². The lowest BCUT2D eigenvalue weighted by molar-refractivity contribution is -0.107. The van der Waals surface area contributed by atoms with Gasteiger partial charge in [0.05, 0.1) is 19.3 Å². The van der Waals surface area contributed by atoms with Crippen LogP contribution in [-0.4, -0.2) is 62.4 Å². The van der Waals surface area contributed by atoms with Gasteiger partial charge in [-0.15, -0.1) is 0 Å². The summed E-state index contributed by atoms with van der Waals surface area (Å²) in [5.41, 5.74) is 5.95. The molecule has 6 N–H and O–H groups in total. The van der Waals surface area contributed by atoms with Crippen molar-refractivity contribution in [1.82, 2.24) is 9.55 Å². The fraction of sp³-hybridized carbons (Fsp3) is 0.688. The Labute approximate surface area is 150 Å². The minimum absolute atomic E-state index is 0.401. The van der Waals surface area contributed by atoms with Gasteiger partial charge < -0.3 is 35.9 Å². The van der Waals surface area contributed by atoms with E-state index in [0.29, 0.717) is 24.4 Å². The maximum atomic E-state index is 10.4. The van der Waals surface area contributed by atoms with Crippen molar-refractivity contribution < 1.29 is 24.9 Å². The van der Waals surface area contributed by atoms with Gasteiger partial charge in [0.2, 0.25) is 0 Å². The third kappa shape index (κ3) is 3.38. The van der Waals surface area contributed by atoms with E-state index in [1.807, 2.05) is 0 Å². The van der Waals surface area contributed by atoms with E-state index in [0.717, 1.165) is 25.5 Å². The Hall–Kier alpha value is -1.85. The van der Waals surface area contributed by atoms with Gasteiger partial charge in [0.15, 0.2) is 11.9 Å². The van der Waals surface area contributed by atoms with Crippen molar-refractivity contribution >= 4 is 18.4 Å². The van der Waals surface area contributed by atoms with Crippen LogP contribution >= 0.6 is 0 Å². The standard InChI is InChI=1S/C16H25N5O5/c17-16(5-3-1-2-4-6-22)13-14(18-8-20-16)21(9-19-13)15-12(25)11(24)10(7-23)26-15/h6,8-12,15,23-25H,1-5,7,17H2,(H,18,20)/t10-,11-,12-,15-,16?/m1/s1. The molecule has 3 heterocycles. The highest BCUT2D eigenvalue weighted by Gasteiger charge is 2.45. The molecular formula is C16H25N5O5. The Bertz CT molecular complexity index is 665. The summed E-state index contributed by atoms with van der Waals surface area (Å²) in [5.74, 6) is 0.533. The predicted molar refractivity (Wildman–Crippen MR) is 92.4 cm³/mol. The number of ether oxygens (including phenoxy) is 1. The maximum Gasteiger partial charge on any atom is 0.165 e. The van der Waals surface area contributed by atoms with Crippen molar-refractivity contribution in [2.24, 2.45) is 10.7 Å². The zero-order valence-electron chi connectivity index (χ0n) is 14.4. The van der Waals surface area contributed by atoms with Gasteiger partial charge in [-0.3, -0.25) is 4.57 Å². The number of unbranched alkanes of at least 4 members (excludes halogenated alkanes) is 3. The van der Waals surface area contributed by atoms with E-state index in [1.165, 1.54) is 12.7 Å². The minimum Gasteiger partial charge on any atom is -0.394 e. The molecule has 2 aliphatic rings. The molecule has 0 spiro atoms. The lowest BCUT2D eigenvalue weighted by atomic mass is 9.98. The van der Waals surface area contributed by atoms with Gasteiger partial charge in [0, 0.05) is 6.42 Å². The summed E-state index contributed by atoms with van der Waals surface area (Å²) in [7, 11) is 0. The van der Waals surface area contributed by atoms with Gasteiger partial charge in [-0.05, 0) is 19.3 Å². The Balaban J connectivity index is 1.76. The lowest BCUT2D eigenvalue weighted by Gasteiger charge is -2.29. The number of aliphatic hydroxyl groups excluding tert-OH is 3. The molecule has 0 bridgehead atoms. The zero-order valence-corrected chi connectivity index (χ0v) is 14.4. The Morgan fingerprint density at radius 1 is 1.35 bits per heavy atom. The van der Waals surface area contributed by atoms with Crippen molar-refractivity contribution in [2.45, 2.75) is 62.3 Å². The van der Waals surface area contributed by atoms with E-state index < -0.39 is 36.8 Å². The topological polar surface area (TPSA) is 155 Å². The molecule has 1 aromatic rings. The first-order valence-electron chi connectivity index (χ1n) is 8.74. The number of aliphatic hydroxyl groups is 3. The van der Waals surface area contributed by atoms with Crippen LogP contribution in [0.25, 0.3) is 0 Å². The summed E-state index contributed by atoms with van der Waals surface area (Å²) >= 11 is 0. The zero-order chi connectivity index (χ0) is 18.7. The van der Waals surface area contributed by atoms with E-state index in [1.54, 1.807) is 4.57 Å². The molecule has 10 nitrogen and oxygen atoms in total. The van der Waals surface area contributed by atoms with Gasteiger partial charge in [-0.2, -0.15) is 0 Å². The van der Waals surface area contributed by atoms with Crippen molar-refractivity contribution in [3.05, 3.63) is 12.0 Å². The van der Waals surface area contributed by atoms with E-state index >= 15 is 0 Å². The Kier molecular flexibility index (Phi) is 5.68. The molecule has 0 saturated carbocycles. The first kappa shape index (κ1) is 18.9. The predicted octanol–water partition coefficient (Wildman–Crippen LogP) is -0.791. The molecule has 2 aliphatic heterocycles. The second kappa shape index (κ2) is 7.80. The van der Waals surface area contributed by atoms with E-state index in [-0.39, 0.29) is 0 Å². The number of imidazole rings is 1. The Morgan fingerprint density at radius 3 is 2.85 bits per heavy atom. The number of aldehydes is 1. The first-order chi connectivity index (χ1) is 12.5. The van der Waals surface area contributed by atoms with Crippen LogP contribution in [-0.2, 0) is 15.2 Å². The summed E-state index contributed by atoms with van der Waals surface area (Å²) in [6.07, 6.45) is 3.26. The molecule has 10 heteroatoms. The van der Waals surface area contributed by atoms with Crippen LogP contribution in [0.5, 0.6) is 0 Å². The van der Waals surface area contributed by atoms with Crippen molar-refractivity contribution in [1.29, 1.82) is 0 Å². The maximum absolute atomic E-state index is 10.4. The van der Waals surface area contributed by atoms with Crippen LogP contribution in [0, 0.1) is 0 Å². The fourth-order valence-corrected chi connectivity index (χ4v) is 3.38. The monoisotopic (exact) mass is 367 g/mol. The number of fused-ring (bicyclic) bond motifs is 1. The van der Waals surface area contributed by atoms with E-state index in [4.69, 9.17) is 10.5 Å². The number of rotatable bonds is 8. The first-order valence-corrected chi connectivity index (χ1v) is 8.74. The van der Waals surface area contributed by atoms with Crippen molar-refractivity contribution in [2.75, 3.05) is 11.9 Å². The molecule has 0 aliphatic carbocycles. The average molecular weight is 367 g/mol. The number of nitrogens with zero attached hydrogens (tertiary/aromatic N) is 3. The number of nitrogens with two attached hydrogens (primary N) is 1. The second-order valence-corrected chi connectivity index (χ2v) is 6.67. The number of hydrogen-bond donors (Lipinski definition) is 5. The molecule has 26 heavy (non-hydrogen) atoms. The normalized spacial score (nSPS) is 33.1. The molecule has 1 fully saturated rings. The van der Waals surface area contributed by atoms with Crippen LogP contribution in [0.4, 0.5) is 5.82 Å². The van der Waals surface area contributed by atoms with Gasteiger partial charge in [-0.25, -0.2) is 9.98 Å². The SMILES string of the molecule is NC1(CCCCCC=O)N=CNc2c1ncn2[C@@H]1O[C@H](CO)[C@@H](O)[C@H]1O. The van der Waals surface area contributed by atoms with Crippen LogP contribution in [0.3, 0.4) is 0 Å². The van der Waals surface area contributed by atoms with Crippen LogP contribution in [0.15, 0.2) is 11.3 Å². The number of hydrogen-bond acceptors (Lipinski definition) is 9. The van der Waals surface area contributed by atoms with E-state index in [2.05, 4.69) is 15.3 Å². The third-order valence-electron chi connectivity index (χ3n) is 4.87. The summed E-state index contributed by atoms with van der Waals surface area (Å²) in [6, 6.07) is 0. The molecule has 1 saturated heterocycles. The number of aromatic nitrogens is 2. The minimum atomic E-state index is -1.21. The van der Waals surface area contributed by atoms with Gasteiger partial charge >= 0.3 is 0 Å². The molecule has 1 unspecified atom stereocenters. The number of nitrogens with one attached hydrogen (secondary N) is 1. The quantitative estimate of drug-likeness (QED) is 0.296. The highest BCUT2D eigenvalue weighted by atomic mass is 16.6. The molecule has 3 rings (SSSR count). The van der Waals surface area contributed by atoms with Crippen molar-refractivity contribution in [3.8, 4) is 0 Å². The molecule has 0 amide bonds. The molecule has 0 aromatic carbocycles. The average Bonchev–Trinajstić information content (AvgIpc) is 3.18. The molecule has 5 atom stereocenters. The van der Waals surface area contributed by atoms with E-state index in [9.17, 15) is 20.1 Å². The van der Waals surface area contributed by atoms with Gasteiger partial charge in [0.25, 0.3) is 0 Å². The fourth-order valence-electron chi connectivity index (χ4n) is 3.38. The molecular weight excluding hydrogens is 342 g/mol. The molecule has 144 valence electrons. The van der Waals surface area contributed by atoms with Crippen LogP contribution in [0.1, 0.15) is 44.0 Å². The van der Waals surface area contributed by atoms with Gasteiger partial charge in [-0.1, -0.05) is 6.42 Å². The summed E-state index contributed by atoms with van der Waals surface area (Å²) < 4.78 is 7.11. The smallest absolute Gasteiger partial charge is 0.165 e. The number of aliphatic imine (C=N–C) groups is 1. The summed E-state index contributed by atoms with van der Waals surface area (Å²) in [6.45, 7) is -0.401. The summed E-state index contributed by atoms with van der Waals surface area (Å²) in [4.78, 5) is 19.1. The van der Waals surface area contributed by atoms with Crippen LogP contribution < -0.4 is 11.1 Å². The highest BCUT2D eigenvalue weighted by Crippen LogP contribution is 2.38. The summed E-state index contributed by atoms with van der Waals surface area (Å²) in [5, 5.41) is 32.4. The third-order valence-corrected chi connectivity index (χ3v) is 4.87. The van der Waals surface area contributed by atoms with Gasteiger partial charge in [0.1, 0.15) is 36.1 Å². The number of anilines is 1. The molecule has 0 radical (unpaired) electrons. The number of carbonyl (C=O) groups excluding carboxylic acids is 1. The highest BCUT2D eigenvalue weighted by molar-refractivity contribution is 5.78. The largest absolute Gasteiger partial charge is 0.394 e. The number of carbonyl (C=O) groups is 1. The molecule has 1 aromatic heterocycles. The Morgan fingerprint density at radius 2 is 2.15 bits per heavy atom.